The van der Waals surface area contributed by atoms with Crippen LogP contribution in [0.1, 0.15) is 19.8 Å². The largest absolute Gasteiger partial charge is 0.339 e. The zero-order valence-electron chi connectivity index (χ0n) is 6.34. The molecule has 10 heavy (non-hydrogen) atoms. The Labute approximate surface area is 61.2 Å². The number of nitrogens with zero attached hydrogens (tertiary/aromatic N) is 1. The number of amides is 1. The van der Waals surface area contributed by atoms with E-state index in [2.05, 4.69) is 0 Å². The van der Waals surface area contributed by atoms with Gasteiger partial charge in [-0.3, -0.25) is 4.79 Å². The smallest absolute Gasteiger partial charge is 0.222 e. The van der Waals surface area contributed by atoms with E-state index in [1.54, 1.807) is 0 Å². The van der Waals surface area contributed by atoms with Gasteiger partial charge in [0.1, 0.15) is 0 Å². The number of carbonyl (C=O) groups excluding carboxylic acids is 1. The number of nitrogens with two attached hydrogens (primary N) is 1. The molecule has 0 aliphatic carbocycles. The fraction of sp³-hybridized carbons (Fsp3) is 0.857. The average molecular weight is 142 g/mol. The molecule has 0 atom stereocenters. The molecule has 0 bridgehead atoms. The molecule has 2 N–H and O–H groups in total. The predicted octanol–water partition coefficient (Wildman–Crippen LogP) is -0.0440. The van der Waals surface area contributed by atoms with Crippen LogP contribution in [0.3, 0.4) is 0 Å². The minimum absolute atomic E-state index is 0.237. The highest BCUT2D eigenvalue weighted by Gasteiger charge is 2.26. The van der Waals surface area contributed by atoms with E-state index < -0.39 is 0 Å². The monoisotopic (exact) mass is 142 g/mol. The highest BCUT2D eigenvalue weighted by atomic mass is 16.2. The Morgan fingerprint density at radius 3 is 2.70 bits per heavy atom. The lowest BCUT2D eigenvalue weighted by atomic mass is 10.1. The van der Waals surface area contributed by atoms with Gasteiger partial charge < -0.3 is 10.6 Å². The molecule has 1 amide bonds. The molecule has 58 valence electrons. The molecule has 0 spiro atoms. The minimum atomic E-state index is 0.237. The Kier molecular flexibility index (Phi) is 2.27. The molecule has 0 aromatic heterocycles. The normalized spacial score (nSPS) is 18.8. The molecule has 0 unspecified atom stereocenters. The Hall–Kier alpha value is -0.570. The third-order valence-corrected chi connectivity index (χ3v) is 1.73. The van der Waals surface area contributed by atoms with Gasteiger partial charge >= 0.3 is 0 Å². The van der Waals surface area contributed by atoms with Crippen molar-refractivity contribution >= 4 is 5.91 Å². The minimum Gasteiger partial charge on any atom is -0.339 e. The van der Waals surface area contributed by atoms with Crippen molar-refractivity contribution in [3.63, 3.8) is 0 Å². The summed E-state index contributed by atoms with van der Waals surface area (Å²) in [5.74, 6) is 0.254. The van der Waals surface area contributed by atoms with Gasteiger partial charge in [-0.15, -0.1) is 0 Å². The van der Waals surface area contributed by atoms with Crippen molar-refractivity contribution in [3.8, 4) is 0 Å². The molecule has 3 heteroatoms. The van der Waals surface area contributed by atoms with Crippen LogP contribution in [0.5, 0.6) is 0 Å². The first-order valence-corrected chi connectivity index (χ1v) is 3.77. The standard InChI is InChI=1S/C7H14N2O/c1-2-3-7(10)9-4-6(8)5-9/h6H,2-5,8H2,1H3. The molecule has 1 heterocycles. The maximum atomic E-state index is 11.0. The second kappa shape index (κ2) is 3.01. The fourth-order valence-corrected chi connectivity index (χ4v) is 1.09. The highest BCUT2D eigenvalue weighted by molar-refractivity contribution is 5.77. The van der Waals surface area contributed by atoms with E-state index >= 15 is 0 Å². The Bertz CT molecular complexity index is 130. The van der Waals surface area contributed by atoms with Crippen LogP contribution in [-0.4, -0.2) is 29.9 Å². The van der Waals surface area contributed by atoms with Crippen LogP contribution in [-0.2, 0) is 4.79 Å². The fourth-order valence-electron chi connectivity index (χ4n) is 1.09. The van der Waals surface area contributed by atoms with Crippen LogP contribution in [0, 0.1) is 0 Å². The lowest BCUT2D eigenvalue weighted by molar-refractivity contribution is -0.135. The van der Waals surface area contributed by atoms with E-state index in [4.69, 9.17) is 5.73 Å². The first-order chi connectivity index (χ1) is 4.74. The summed E-state index contributed by atoms with van der Waals surface area (Å²) in [5.41, 5.74) is 5.51. The van der Waals surface area contributed by atoms with Crippen LogP contribution in [0.25, 0.3) is 0 Å². The summed E-state index contributed by atoms with van der Waals surface area (Å²) in [6.45, 7) is 3.54. The van der Waals surface area contributed by atoms with Crippen molar-refractivity contribution in [3.05, 3.63) is 0 Å². The zero-order chi connectivity index (χ0) is 7.56. The molecule has 0 aromatic rings. The zero-order valence-corrected chi connectivity index (χ0v) is 6.34. The molecular weight excluding hydrogens is 128 g/mol. The predicted molar refractivity (Wildman–Crippen MR) is 39.5 cm³/mol. The number of carbonyl (C=O) groups is 1. The molecule has 0 radical (unpaired) electrons. The molecule has 1 aliphatic rings. The number of rotatable bonds is 2. The van der Waals surface area contributed by atoms with Crippen molar-refractivity contribution in [1.29, 1.82) is 0 Å². The SMILES string of the molecule is CCCC(=O)N1CC(N)C1. The van der Waals surface area contributed by atoms with Gasteiger partial charge in [-0.05, 0) is 6.42 Å². The van der Waals surface area contributed by atoms with Crippen LogP contribution >= 0.6 is 0 Å². The molecule has 0 saturated carbocycles. The second-order valence-electron chi connectivity index (χ2n) is 2.81. The van der Waals surface area contributed by atoms with E-state index in [9.17, 15) is 4.79 Å². The maximum Gasteiger partial charge on any atom is 0.222 e. The Morgan fingerprint density at radius 1 is 1.70 bits per heavy atom. The van der Waals surface area contributed by atoms with Gasteiger partial charge in [0, 0.05) is 25.6 Å². The van der Waals surface area contributed by atoms with Gasteiger partial charge in [0.2, 0.25) is 5.91 Å². The molecule has 1 rings (SSSR count). The second-order valence-corrected chi connectivity index (χ2v) is 2.81. The Morgan fingerprint density at radius 2 is 2.30 bits per heavy atom. The topological polar surface area (TPSA) is 46.3 Å². The van der Waals surface area contributed by atoms with Gasteiger partial charge in [-0.25, -0.2) is 0 Å². The summed E-state index contributed by atoms with van der Waals surface area (Å²) in [7, 11) is 0. The van der Waals surface area contributed by atoms with Crippen LogP contribution in [0.2, 0.25) is 0 Å². The van der Waals surface area contributed by atoms with Crippen molar-refractivity contribution < 1.29 is 4.79 Å². The van der Waals surface area contributed by atoms with Crippen LogP contribution < -0.4 is 5.73 Å². The molecule has 0 aromatic carbocycles. The van der Waals surface area contributed by atoms with Crippen molar-refractivity contribution in [2.24, 2.45) is 5.73 Å². The quantitative estimate of drug-likeness (QED) is 0.588. The Balaban J connectivity index is 2.18. The summed E-state index contributed by atoms with van der Waals surface area (Å²) >= 11 is 0. The maximum absolute atomic E-state index is 11.0. The molecule has 3 nitrogen and oxygen atoms in total. The lowest BCUT2D eigenvalue weighted by Gasteiger charge is -2.36. The number of likely N-dealkylation sites (tertiary alicyclic amines) is 1. The van der Waals surface area contributed by atoms with Gasteiger partial charge in [0.25, 0.3) is 0 Å². The van der Waals surface area contributed by atoms with Crippen molar-refractivity contribution in [1.82, 2.24) is 4.90 Å². The van der Waals surface area contributed by atoms with Gasteiger partial charge in [-0.1, -0.05) is 6.92 Å². The van der Waals surface area contributed by atoms with E-state index in [1.165, 1.54) is 0 Å². The number of hydrogen-bond acceptors (Lipinski definition) is 2. The van der Waals surface area contributed by atoms with E-state index in [-0.39, 0.29) is 11.9 Å². The third-order valence-electron chi connectivity index (χ3n) is 1.73. The van der Waals surface area contributed by atoms with Crippen molar-refractivity contribution in [2.45, 2.75) is 25.8 Å². The van der Waals surface area contributed by atoms with Crippen LogP contribution in [0.4, 0.5) is 0 Å². The van der Waals surface area contributed by atoms with E-state index in [0.717, 1.165) is 19.5 Å². The van der Waals surface area contributed by atoms with E-state index in [1.807, 2.05) is 11.8 Å². The molecule has 1 fully saturated rings. The first-order valence-electron chi connectivity index (χ1n) is 3.77. The lowest BCUT2D eigenvalue weighted by Crippen LogP contribution is -2.57. The summed E-state index contributed by atoms with van der Waals surface area (Å²) in [6, 6.07) is 0.237. The molecule has 1 aliphatic heterocycles. The first kappa shape index (κ1) is 7.54. The molecular formula is C7H14N2O. The number of hydrogen-bond donors (Lipinski definition) is 1. The van der Waals surface area contributed by atoms with E-state index in [0.29, 0.717) is 6.42 Å². The third kappa shape index (κ3) is 1.48. The summed E-state index contributed by atoms with van der Waals surface area (Å²) in [5, 5.41) is 0. The highest BCUT2D eigenvalue weighted by Crippen LogP contribution is 2.07. The summed E-state index contributed by atoms with van der Waals surface area (Å²) in [6.07, 6.45) is 1.61. The summed E-state index contributed by atoms with van der Waals surface area (Å²) in [4.78, 5) is 12.9. The van der Waals surface area contributed by atoms with Crippen molar-refractivity contribution in [2.75, 3.05) is 13.1 Å². The van der Waals surface area contributed by atoms with Gasteiger partial charge in [0.05, 0.1) is 0 Å². The van der Waals surface area contributed by atoms with Crippen LogP contribution in [0.15, 0.2) is 0 Å². The average Bonchev–Trinajstić information content (AvgIpc) is 1.82. The summed E-state index contributed by atoms with van der Waals surface area (Å²) < 4.78 is 0. The van der Waals surface area contributed by atoms with Gasteiger partial charge in [0.15, 0.2) is 0 Å². The molecule has 1 saturated heterocycles. The van der Waals surface area contributed by atoms with Gasteiger partial charge in [-0.2, -0.15) is 0 Å².